The topological polar surface area (TPSA) is 67.9 Å². The Bertz CT molecular complexity index is 850. The fourth-order valence-corrected chi connectivity index (χ4v) is 3.06. The van der Waals surface area contributed by atoms with Crippen LogP contribution in [0.4, 0.5) is 0 Å². The predicted octanol–water partition coefficient (Wildman–Crippen LogP) is 2.94. The van der Waals surface area contributed by atoms with E-state index in [1.54, 1.807) is 32.8 Å². The number of hydrogen-bond acceptors (Lipinski definition) is 6. The van der Waals surface area contributed by atoms with Crippen LogP contribution in [0.5, 0.6) is 11.5 Å². The number of methoxy groups -OCH3 is 2. The van der Waals surface area contributed by atoms with E-state index >= 15 is 0 Å². The van der Waals surface area contributed by atoms with Crippen molar-refractivity contribution < 1.29 is 23.4 Å². The van der Waals surface area contributed by atoms with E-state index < -0.39 is 5.79 Å². The summed E-state index contributed by atoms with van der Waals surface area (Å²) in [7, 11) is 3.22. The van der Waals surface area contributed by atoms with Gasteiger partial charge >= 0.3 is 0 Å². The normalized spacial score (nSPS) is 16.9. The van der Waals surface area contributed by atoms with Crippen LogP contribution in [-0.4, -0.2) is 37.0 Å². The van der Waals surface area contributed by atoms with E-state index in [-0.39, 0.29) is 0 Å². The van der Waals surface area contributed by atoms with Crippen LogP contribution in [0.3, 0.4) is 0 Å². The van der Waals surface area contributed by atoms with Gasteiger partial charge in [0.1, 0.15) is 5.75 Å². The van der Waals surface area contributed by atoms with E-state index in [1.165, 1.54) is 0 Å². The van der Waals surface area contributed by atoms with Gasteiger partial charge in [-0.2, -0.15) is 0 Å². The highest BCUT2D eigenvalue weighted by Crippen LogP contribution is 2.40. The fourth-order valence-electron chi connectivity index (χ4n) is 3.06. The summed E-state index contributed by atoms with van der Waals surface area (Å²) < 4.78 is 30.9. The highest BCUT2D eigenvalue weighted by atomic mass is 16.7. The van der Waals surface area contributed by atoms with Crippen LogP contribution in [0.25, 0.3) is 11.0 Å². The maximum absolute atomic E-state index is 6.12. The second-order valence-corrected chi connectivity index (χ2v) is 5.90. The molecule has 1 aromatic carbocycles. The number of aromatic nitrogens is 2. The van der Waals surface area contributed by atoms with Crippen molar-refractivity contribution in [2.75, 3.05) is 27.4 Å². The molecule has 1 aliphatic heterocycles. The molecule has 4 rings (SSSR count). The Labute approximate surface area is 145 Å². The summed E-state index contributed by atoms with van der Waals surface area (Å²) in [5, 5.41) is 0.869. The Morgan fingerprint density at radius 1 is 1.16 bits per heavy atom. The molecule has 0 N–H and O–H groups in total. The first-order valence-electron chi connectivity index (χ1n) is 8.14. The van der Waals surface area contributed by atoms with Gasteiger partial charge in [-0.3, -0.25) is 0 Å². The van der Waals surface area contributed by atoms with Gasteiger partial charge in [-0.25, -0.2) is 4.98 Å². The predicted molar refractivity (Wildman–Crippen MR) is 89.7 cm³/mol. The Morgan fingerprint density at radius 3 is 2.68 bits per heavy atom. The van der Waals surface area contributed by atoms with E-state index in [9.17, 15) is 0 Å². The number of fused-ring (bicyclic) bond motifs is 1. The van der Waals surface area contributed by atoms with Gasteiger partial charge in [0.15, 0.2) is 17.1 Å². The van der Waals surface area contributed by atoms with Crippen LogP contribution >= 0.6 is 0 Å². The Hall–Kier alpha value is -2.51. The second-order valence-electron chi connectivity index (χ2n) is 5.90. The number of furan rings is 1. The number of imidazole rings is 1. The summed E-state index contributed by atoms with van der Waals surface area (Å²) in [6.45, 7) is 1.66. The van der Waals surface area contributed by atoms with Crippen LogP contribution in [0, 0.1) is 0 Å². The molecule has 0 unspecified atom stereocenters. The molecule has 7 heteroatoms. The van der Waals surface area contributed by atoms with Crippen LogP contribution in [-0.2, 0) is 21.8 Å². The minimum Gasteiger partial charge on any atom is -0.497 e. The van der Waals surface area contributed by atoms with Gasteiger partial charge in [0.25, 0.3) is 0 Å². The van der Waals surface area contributed by atoms with E-state index in [0.717, 1.165) is 11.8 Å². The molecule has 0 saturated carbocycles. The number of rotatable bonds is 5. The average Bonchev–Trinajstić information content (AvgIpc) is 3.31. The zero-order valence-corrected chi connectivity index (χ0v) is 14.2. The van der Waals surface area contributed by atoms with Gasteiger partial charge in [-0.1, -0.05) is 0 Å². The van der Waals surface area contributed by atoms with Gasteiger partial charge in [0.2, 0.25) is 5.79 Å². The Morgan fingerprint density at radius 2 is 2.00 bits per heavy atom. The van der Waals surface area contributed by atoms with Crippen LogP contribution < -0.4 is 9.47 Å². The van der Waals surface area contributed by atoms with Crippen molar-refractivity contribution in [3.05, 3.63) is 42.7 Å². The third-order valence-corrected chi connectivity index (χ3v) is 4.30. The van der Waals surface area contributed by atoms with Crippen LogP contribution in [0.15, 0.2) is 41.3 Å². The molecule has 0 bridgehead atoms. The lowest BCUT2D eigenvalue weighted by Gasteiger charge is -2.35. The standard InChI is InChI=1S/C18H20N2O5/c1-21-14-8-13-9-16(25-17(13)15(10-14)22-2)18(23-6-3-7-24-18)11-20-5-4-19-12-20/h4-5,8-10,12H,3,6-7,11H2,1-2H3. The minimum absolute atomic E-state index is 0.451. The third kappa shape index (κ3) is 2.85. The second kappa shape index (κ2) is 6.42. The molecule has 2 aromatic heterocycles. The Balaban J connectivity index is 1.81. The van der Waals surface area contributed by atoms with Gasteiger partial charge in [-0.15, -0.1) is 0 Å². The number of ether oxygens (including phenoxy) is 4. The molecule has 3 heterocycles. The van der Waals surface area contributed by atoms with Crippen molar-refractivity contribution in [2.45, 2.75) is 18.8 Å². The maximum Gasteiger partial charge on any atom is 0.247 e. The number of hydrogen-bond donors (Lipinski definition) is 0. The Kier molecular flexibility index (Phi) is 4.10. The molecule has 0 amide bonds. The molecule has 1 fully saturated rings. The molecular formula is C18H20N2O5. The van der Waals surface area contributed by atoms with E-state index in [0.29, 0.717) is 42.6 Å². The lowest BCUT2D eigenvalue weighted by molar-refractivity contribution is -0.291. The molecule has 0 radical (unpaired) electrons. The summed E-state index contributed by atoms with van der Waals surface area (Å²) in [4.78, 5) is 4.09. The molecule has 132 valence electrons. The molecular weight excluding hydrogens is 324 g/mol. The highest BCUT2D eigenvalue weighted by molar-refractivity contribution is 5.85. The van der Waals surface area contributed by atoms with Crippen molar-refractivity contribution >= 4 is 11.0 Å². The zero-order chi connectivity index (χ0) is 17.3. The van der Waals surface area contributed by atoms with E-state index in [2.05, 4.69) is 4.98 Å². The largest absolute Gasteiger partial charge is 0.497 e. The summed E-state index contributed by atoms with van der Waals surface area (Å²) in [5.74, 6) is 0.915. The van der Waals surface area contributed by atoms with Crippen molar-refractivity contribution in [3.8, 4) is 11.5 Å². The summed E-state index contributed by atoms with van der Waals surface area (Å²) in [6.07, 6.45) is 6.18. The number of benzene rings is 1. The third-order valence-electron chi connectivity index (χ3n) is 4.30. The van der Waals surface area contributed by atoms with Crippen molar-refractivity contribution in [1.82, 2.24) is 9.55 Å². The van der Waals surface area contributed by atoms with Gasteiger partial charge in [-0.05, 0) is 18.6 Å². The van der Waals surface area contributed by atoms with Gasteiger partial charge in [0, 0.05) is 23.8 Å². The fraction of sp³-hybridized carbons (Fsp3) is 0.389. The molecule has 1 aliphatic rings. The lowest BCUT2D eigenvalue weighted by atomic mass is 10.1. The van der Waals surface area contributed by atoms with Crippen LogP contribution in [0.2, 0.25) is 0 Å². The monoisotopic (exact) mass is 344 g/mol. The molecule has 7 nitrogen and oxygen atoms in total. The van der Waals surface area contributed by atoms with Crippen molar-refractivity contribution in [1.29, 1.82) is 0 Å². The molecule has 0 aliphatic carbocycles. The SMILES string of the molecule is COc1cc(OC)c2oc(C3(Cn4ccnc4)OCCCO3)cc2c1. The van der Waals surface area contributed by atoms with Crippen molar-refractivity contribution in [3.63, 3.8) is 0 Å². The summed E-state index contributed by atoms with van der Waals surface area (Å²) in [6, 6.07) is 5.61. The first-order valence-corrected chi connectivity index (χ1v) is 8.14. The molecule has 1 saturated heterocycles. The number of nitrogens with zero attached hydrogens (tertiary/aromatic N) is 2. The van der Waals surface area contributed by atoms with Gasteiger partial charge < -0.3 is 27.9 Å². The molecule has 0 atom stereocenters. The van der Waals surface area contributed by atoms with E-state index in [1.807, 2.05) is 22.9 Å². The molecule has 25 heavy (non-hydrogen) atoms. The highest BCUT2D eigenvalue weighted by Gasteiger charge is 2.41. The first kappa shape index (κ1) is 16.0. The van der Waals surface area contributed by atoms with Gasteiger partial charge in [0.05, 0.1) is 40.3 Å². The average molecular weight is 344 g/mol. The van der Waals surface area contributed by atoms with E-state index in [4.69, 9.17) is 23.4 Å². The molecule has 0 spiro atoms. The van der Waals surface area contributed by atoms with Crippen LogP contribution in [0.1, 0.15) is 12.2 Å². The smallest absolute Gasteiger partial charge is 0.247 e. The van der Waals surface area contributed by atoms with Crippen molar-refractivity contribution in [2.24, 2.45) is 0 Å². The lowest BCUT2D eigenvalue weighted by Crippen LogP contribution is -2.41. The quantitative estimate of drug-likeness (QED) is 0.709. The summed E-state index contributed by atoms with van der Waals surface area (Å²) >= 11 is 0. The maximum atomic E-state index is 6.12. The zero-order valence-electron chi connectivity index (χ0n) is 14.2. The first-order chi connectivity index (χ1) is 12.2. The summed E-state index contributed by atoms with van der Waals surface area (Å²) in [5.41, 5.74) is 0.640. The minimum atomic E-state index is -0.990. The molecule has 3 aromatic rings.